The van der Waals surface area contributed by atoms with Crippen molar-refractivity contribution in [3.8, 4) is 5.75 Å². The monoisotopic (exact) mass is 359 g/mol. The molecule has 0 saturated carbocycles. The molecule has 4 N–H and O–H groups in total. The van der Waals surface area contributed by atoms with Gasteiger partial charge in [0, 0.05) is 17.6 Å². The minimum atomic E-state index is -0.829. The van der Waals surface area contributed by atoms with Crippen molar-refractivity contribution < 1.29 is 24.9 Å². The van der Waals surface area contributed by atoms with Gasteiger partial charge in [0.15, 0.2) is 0 Å². The van der Waals surface area contributed by atoms with E-state index in [1.54, 1.807) is 36.4 Å². The number of ether oxygens (including phenoxy) is 1. The molecule has 0 saturated heterocycles. The number of nitrogens with one attached hydrogen (secondary N) is 1. The number of rotatable bonds is 8. The van der Waals surface area contributed by atoms with Crippen molar-refractivity contribution in [2.24, 2.45) is 0 Å². The van der Waals surface area contributed by atoms with Gasteiger partial charge in [0.05, 0.1) is 18.3 Å². The van der Waals surface area contributed by atoms with Gasteiger partial charge in [0.2, 0.25) is 0 Å². The van der Waals surface area contributed by atoms with Crippen molar-refractivity contribution in [2.45, 2.75) is 32.1 Å². The number of benzene rings is 2. The molecule has 0 aliphatic heterocycles. The van der Waals surface area contributed by atoms with E-state index in [1.807, 2.05) is 19.9 Å². The summed E-state index contributed by atoms with van der Waals surface area (Å²) in [6, 6.07) is 13.4. The Morgan fingerprint density at radius 3 is 2.54 bits per heavy atom. The lowest BCUT2D eigenvalue weighted by atomic mass is 10.0. The molecule has 2 aromatic rings. The van der Waals surface area contributed by atoms with Crippen molar-refractivity contribution in [1.82, 2.24) is 5.32 Å². The summed E-state index contributed by atoms with van der Waals surface area (Å²) in [5.41, 5.74) is 0.889. The largest absolute Gasteiger partial charge is 0.508 e. The lowest BCUT2D eigenvalue weighted by Crippen LogP contribution is -2.45. The zero-order chi connectivity index (χ0) is 19.2. The van der Waals surface area contributed by atoms with Gasteiger partial charge in [-0.2, -0.15) is 0 Å². The first-order valence-corrected chi connectivity index (χ1v) is 8.40. The Kier molecular flexibility index (Phi) is 6.74. The van der Waals surface area contributed by atoms with Gasteiger partial charge in [0.1, 0.15) is 12.4 Å². The van der Waals surface area contributed by atoms with Crippen LogP contribution >= 0.6 is 0 Å². The summed E-state index contributed by atoms with van der Waals surface area (Å²) < 4.78 is 5.33. The van der Waals surface area contributed by atoms with Gasteiger partial charge in [0.25, 0.3) is 0 Å². The smallest absolute Gasteiger partial charge is 0.338 e. The maximum Gasteiger partial charge on any atom is 0.338 e. The van der Waals surface area contributed by atoms with E-state index in [0.29, 0.717) is 16.7 Å². The second-order valence-electron chi connectivity index (χ2n) is 6.77. The van der Waals surface area contributed by atoms with Crippen LogP contribution in [0.2, 0.25) is 0 Å². The molecular weight excluding hydrogens is 334 g/mol. The second kappa shape index (κ2) is 8.80. The van der Waals surface area contributed by atoms with E-state index in [0.717, 1.165) is 0 Å². The first-order chi connectivity index (χ1) is 12.3. The summed E-state index contributed by atoms with van der Waals surface area (Å²) in [5, 5.41) is 32.3. The zero-order valence-corrected chi connectivity index (χ0v) is 15.0. The number of aliphatic hydroxyl groups excluding tert-OH is 2. The molecule has 0 aliphatic rings. The first-order valence-electron chi connectivity index (χ1n) is 8.40. The van der Waals surface area contributed by atoms with Crippen molar-refractivity contribution in [2.75, 3.05) is 13.2 Å². The molecular formula is C20H25NO5. The molecule has 0 heterocycles. The lowest BCUT2D eigenvalue weighted by molar-refractivity contribution is 0.0385. The van der Waals surface area contributed by atoms with E-state index in [1.165, 1.54) is 6.07 Å². The van der Waals surface area contributed by atoms with Gasteiger partial charge in [-0.25, -0.2) is 4.79 Å². The van der Waals surface area contributed by atoms with Crippen molar-refractivity contribution in [1.29, 1.82) is 0 Å². The van der Waals surface area contributed by atoms with Crippen LogP contribution in [-0.4, -0.2) is 40.0 Å². The van der Waals surface area contributed by atoms with Crippen LogP contribution in [0.15, 0.2) is 48.5 Å². The number of hydrogen-bond acceptors (Lipinski definition) is 6. The van der Waals surface area contributed by atoms with E-state index in [2.05, 4.69) is 5.32 Å². The fourth-order valence-electron chi connectivity index (χ4n) is 2.38. The number of phenols is 1. The summed E-state index contributed by atoms with van der Waals surface area (Å²) in [7, 11) is 0. The number of β-amino-alcohol motifs (C(OH)–C–C–N with tert-alkyl or cyclic N) is 1. The Labute approximate surface area is 153 Å². The zero-order valence-electron chi connectivity index (χ0n) is 15.0. The average Bonchev–Trinajstić information content (AvgIpc) is 2.65. The predicted molar refractivity (Wildman–Crippen MR) is 97.8 cm³/mol. The topological polar surface area (TPSA) is 99.0 Å². The Bertz CT molecular complexity index is 730. The number of carbonyl (C=O) groups is 1. The molecule has 0 amide bonds. The van der Waals surface area contributed by atoms with Crippen LogP contribution in [0, 0.1) is 0 Å². The number of carbonyl (C=O) groups excluding carboxylic acids is 1. The van der Waals surface area contributed by atoms with E-state index in [-0.39, 0.29) is 25.5 Å². The Morgan fingerprint density at radius 1 is 1.19 bits per heavy atom. The van der Waals surface area contributed by atoms with Gasteiger partial charge < -0.3 is 25.4 Å². The highest BCUT2D eigenvalue weighted by Crippen LogP contribution is 2.22. The third kappa shape index (κ3) is 5.56. The van der Waals surface area contributed by atoms with Crippen molar-refractivity contribution in [3.63, 3.8) is 0 Å². The van der Waals surface area contributed by atoms with Gasteiger partial charge in [-0.05, 0) is 43.7 Å². The molecule has 2 aromatic carbocycles. The quantitative estimate of drug-likeness (QED) is 0.539. The molecule has 26 heavy (non-hydrogen) atoms. The molecule has 0 aliphatic carbocycles. The number of aromatic hydroxyl groups is 1. The van der Waals surface area contributed by atoms with Crippen LogP contribution in [0.25, 0.3) is 0 Å². The Hall–Kier alpha value is -2.41. The third-order valence-corrected chi connectivity index (χ3v) is 4.01. The average molecular weight is 359 g/mol. The molecule has 0 bridgehead atoms. The highest BCUT2D eigenvalue weighted by molar-refractivity contribution is 5.89. The highest BCUT2D eigenvalue weighted by Gasteiger charge is 2.22. The number of aliphatic hydroxyl groups is 2. The van der Waals surface area contributed by atoms with E-state index < -0.39 is 17.6 Å². The summed E-state index contributed by atoms with van der Waals surface area (Å²) in [6.07, 6.45) is -0.829. The molecule has 1 atom stereocenters. The summed E-state index contributed by atoms with van der Waals surface area (Å²) in [4.78, 5) is 12.0. The molecule has 0 radical (unpaired) electrons. The van der Waals surface area contributed by atoms with Crippen LogP contribution < -0.4 is 5.32 Å². The van der Waals surface area contributed by atoms with Crippen molar-refractivity contribution in [3.05, 3.63) is 65.2 Å². The van der Waals surface area contributed by atoms with Crippen LogP contribution in [0.5, 0.6) is 5.75 Å². The van der Waals surface area contributed by atoms with Gasteiger partial charge >= 0.3 is 5.97 Å². The van der Waals surface area contributed by atoms with Crippen LogP contribution in [-0.2, 0) is 11.3 Å². The Balaban J connectivity index is 1.87. The second-order valence-corrected chi connectivity index (χ2v) is 6.77. The van der Waals surface area contributed by atoms with E-state index >= 15 is 0 Å². The van der Waals surface area contributed by atoms with Gasteiger partial charge in [-0.1, -0.05) is 24.3 Å². The summed E-state index contributed by atoms with van der Waals surface area (Å²) in [5.74, 6) is -0.406. The Morgan fingerprint density at radius 2 is 1.88 bits per heavy atom. The standard InChI is InChI=1S/C20H25NO5/c1-20(2,13-26-19(25)14-6-4-3-5-7-14)21-11-18(24)15-8-9-17(23)16(10-15)12-22/h3-10,18,21-24H,11-13H2,1-2H3/t18-/m0/s1. The maximum atomic E-state index is 12.0. The molecule has 0 aromatic heterocycles. The first kappa shape index (κ1) is 19.9. The van der Waals surface area contributed by atoms with Crippen LogP contribution in [0.4, 0.5) is 0 Å². The lowest BCUT2D eigenvalue weighted by Gasteiger charge is -2.27. The van der Waals surface area contributed by atoms with E-state index in [9.17, 15) is 20.1 Å². The minimum absolute atomic E-state index is 0.00966. The molecule has 6 heteroatoms. The molecule has 2 rings (SSSR count). The number of esters is 1. The third-order valence-electron chi connectivity index (χ3n) is 4.01. The minimum Gasteiger partial charge on any atom is -0.508 e. The van der Waals surface area contributed by atoms with Crippen LogP contribution in [0.1, 0.15) is 41.4 Å². The molecule has 0 spiro atoms. The van der Waals surface area contributed by atoms with Gasteiger partial charge in [-0.3, -0.25) is 0 Å². The highest BCUT2D eigenvalue weighted by atomic mass is 16.5. The molecule has 140 valence electrons. The SMILES string of the molecule is CC(C)(COC(=O)c1ccccc1)NC[C@H](O)c1ccc(O)c(CO)c1. The summed E-state index contributed by atoms with van der Waals surface area (Å²) in [6.45, 7) is 3.80. The van der Waals surface area contributed by atoms with Crippen molar-refractivity contribution >= 4 is 5.97 Å². The van der Waals surface area contributed by atoms with E-state index in [4.69, 9.17) is 4.74 Å². The fourth-order valence-corrected chi connectivity index (χ4v) is 2.38. The predicted octanol–water partition coefficient (Wildman–Crippen LogP) is 2.14. The molecule has 6 nitrogen and oxygen atoms in total. The normalized spacial score (nSPS) is 12.6. The molecule has 0 fully saturated rings. The summed E-state index contributed by atoms with van der Waals surface area (Å²) >= 11 is 0. The van der Waals surface area contributed by atoms with Crippen LogP contribution in [0.3, 0.4) is 0 Å². The number of hydrogen-bond donors (Lipinski definition) is 4. The molecule has 0 unspecified atom stereocenters. The van der Waals surface area contributed by atoms with Gasteiger partial charge in [-0.15, -0.1) is 0 Å². The maximum absolute atomic E-state index is 12.0. The fraction of sp³-hybridized carbons (Fsp3) is 0.350.